The van der Waals surface area contributed by atoms with Gasteiger partial charge < -0.3 is 9.47 Å². The van der Waals surface area contributed by atoms with Crippen LogP contribution in [0, 0.1) is 5.41 Å². The molecule has 0 aromatic heterocycles. The molecule has 0 fully saturated rings. The zero-order valence-corrected chi connectivity index (χ0v) is 20.7. The van der Waals surface area contributed by atoms with E-state index in [1.807, 2.05) is 45.0 Å². The van der Waals surface area contributed by atoms with Crippen LogP contribution in [0.1, 0.15) is 92.2 Å². The molecule has 0 atom stereocenters. The van der Waals surface area contributed by atoms with E-state index in [1.54, 1.807) is 0 Å². The van der Waals surface area contributed by atoms with E-state index in [0.717, 1.165) is 31.4 Å². The highest BCUT2D eigenvalue weighted by atomic mass is 16.5. The van der Waals surface area contributed by atoms with Crippen LogP contribution in [-0.4, -0.2) is 11.6 Å². The number of esters is 1. The Bertz CT molecular complexity index is 839. The molecule has 2 rings (SSSR count). The molecule has 2 aromatic carbocycles. The van der Waals surface area contributed by atoms with Gasteiger partial charge in [-0.1, -0.05) is 65.8 Å². The molecule has 0 aliphatic heterocycles. The van der Waals surface area contributed by atoms with Crippen molar-refractivity contribution in [3.05, 3.63) is 59.7 Å². The molecule has 0 spiro atoms. The molecule has 0 unspecified atom stereocenters. The highest BCUT2D eigenvalue weighted by Crippen LogP contribution is 2.35. The van der Waals surface area contributed by atoms with E-state index in [2.05, 4.69) is 58.9 Å². The molecule has 3 heteroatoms. The van der Waals surface area contributed by atoms with Gasteiger partial charge in [0.15, 0.2) is 0 Å². The van der Waals surface area contributed by atoms with Crippen molar-refractivity contribution in [2.75, 3.05) is 0 Å². The largest absolute Gasteiger partial charge is 0.488 e. The summed E-state index contributed by atoms with van der Waals surface area (Å²) in [5.41, 5.74) is 1.63. The molecule has 0 aliphatic carbocycles. The van der Waals surface area contributed by atoms with E-state index in [4.69, 9.17) is 9.47 Å². The molecule has 0 heterocycles. The zero-order chi connectivity index (χ0) is 23.3. The van der Waals surface area contributed by atoms with Crippen LogP contribution in [0.3, 0.4) is 0 Å². The lowest BCUT2D eigenvalue weighted by Crippen LogP contribution is -2.30. The Kier molecular flexibility index (Phi) is 7.97. The minimum atomic E-state index is -0.437. The highest BCUT2D eigenvalue weighted by molar-refractivity contribution is 5.78. The van der Waals surface area contributed by atoms with Crippen molar-refractivity contribution in [2.24, 2.45) is 5.41 Å². The quantitative estimate of drug-likeness (QED) is 0.289. The van der Waals surface area contributed by atoms with Gasteiger partial charge >= 0.3 is 5.97 Å². The van der Waals surface area contributed by atoms with Gasteiger partial charge in [0.2, 0.25) is 0 Å². The Morgan fingerprint density at radius 1 is 0.677 bits per heavy atom. The molecule has 3 nitrogen and oxygen atoms in total. The summed E-state index contributed by atoms with van der Waals surface area (Å²) in [6.45, 7) is 16.9. The monoisotopic (exact) mass is 424 g/mol. The average molecular weight is 425 g/mol. The highest BCUT2D eigenvalue weighted by Gasteiger charge is 2.31. The number of carbonyl (C=O) groups excluding carboxylic acids is 1. The molecule has 0 radical (unpaired) electrons. The van der Waals surface area contributed by atoms with Crippen molar-refractivity contribution in [2.45, 2.75) is 92.1 Å². The molecule has 0 saturated heterocycles. The van der Waals surface area contributed by atoms with Crippen molar-refractivity contribution in [3.63, 3.8) is 0 Å². The number of hydrogen-bond acceptors (Lipinski definition) is 3. The first kappa shape index (κ1) is 25.0. The first-order chi connectivity index (χ1) is 14.5. The van der Waals surface area contributed by atoms with Crippen molar-refractivity contribution >= 4 is 5.97 Å². The molecule has 0 amide bonds. The molecule has 2 aromatic rings. The van der Waals surface area contributed by atoms with Gasteiger partial charge in [0, 0.05) is 5.41 Å². The van der Waals surface area contributed by atoms with Crippen LogP contribution in [-0.2, 0) is 10.2 Å². The van der Waals surface area contributed by atoms with Crippen LogP contribution < -0.4 is 9.47 Å². The van der Waals surface area contributed by atoms with Gasteiger partial charge in [-0.15, -0.1) is 0 Å². The summed E-state index contributed by atoms with van der Waals surface area (Å²) in [4.78, 5) is 12.5. The van der Waals surface area contributed by atoms with E-state index >= 15 is 0 Å². The Morgan fingerprint density at radius 3 is 1.48 bits per heavy atom. The number of hydrogen-bond donors (Lipinski definition) is 0. The second-order valence-corrected chi connectivity index (χ2v) is 9.59. The minimum Gasteiger partial charge on any atom is -0.488 e. The van der Waals surface area contributed by atoms with Gasteiger partial charge in [-0.2, -0.15) is 0 Å². The predicted octanol–water partition coefficient (Wildman–Crippen LogP) is 7.70. The summed E-state index contributed by atoms with van der Waals surface area (Å²) < 4.78 is 11.9. The van der Waals surface area contributed by atoms with E-state index in [1.165, 1.54) is 11.1 Å². The smallest absolute Gasteiger partial charge is 0.317 e. The fourth-order valence-corrected chi connectivity index (χ4v) is 3.49. The van der Waals surface area contributed by atoms with Gasteiger partial charge in [-0.3, -0.25) is 4.79 Å². The van der Waals surface area contributed by atoms with Crippen molar-refractivity contribution in [3.8, 4) is 11.5 Å². The molecular formula is C28H40O3. The Morgan fingerprint density at radius 2 is 1.10 bits per heavy atom. The third-order valence-electron chi connectivity index (χ3n) is 7.28. The fraction of sp³-hybridized carbons (Fsp3) is 0.536. The third kappa shape index (κ3) is 5.70. The van der Waals surface area contributed by atoms with Crippen LogP contribution in [0.2, 0.25) is 0 Å². The van der Waals surface area contributed by atoms with Gasteiger partial charge in [0.05, 0.1) is 5.41 Å². The van der Waals surface area contributed by atoms with Crippen LogP contribution in [0.15, 0.2) is 48.5 Å². The lowest BCUT2D eigenvalue weighted by molar-refractivity contribution is -0.145. The maximum Gasteiger partial charge on any atom is 0.317 e. The van der Waals surface area contributed by atoms with Crippen LogP contribution >= 0.6 is 0 Å². The zero-order valence-electron chi connectivity index (χ0n) is 20.7. The van der Waals surface area contributed by atoms with Gasteiger partial charge in [0.1, 0.15) is 17.1 Å². The normalized spacial score (nSPS) is 12.5. The summed E-state index contributed by atoms with van der Waals surface area (Å²) in [6.07, 6.45) is 3.48. The molecular weight excluding hydrogens is 384 g/mol. The van der Waals surface area contributed by atoms with E-state index in [-0.39, 0.29) is 17.0 Å². The van der Waals surface area contributed by atoms with Crippen LogP contribution in [0.5, 0.6) is 11.5 Å². The number of benzene rings is 2. The molecule has 0 saturated carbocycles. The standard InChI is InChI=1S/C28H40O3/c1-9-27(7,10-2)25(29)30-23-17-13-21(14-18-23)26(5,6)22-15-19-24(20-16-22)31-28(8,11-3)12-4/h13-20H,9-12H2,1-8H3. The molecule has 0 bridgehead atoms. The number of ether oxygens (including phenoxy) is 2. The minimum absolute atomic E-state index is 0.129. The van der Waals surface area contributed by atoms with E-state index < -0.39 is 5.41 Å². The number of rotatable bonds is 10. The predicted molar refractivity (Wildman–Crippen MR) is 129 cm³/mol. The van der Waals surface area contributed by atoms with Crippen molar-refractivity contribution in [1.82, 2.24) is 0 Å². The van der Waals surface area contributed by atoms with Crippen molar-refractivity contribution < 1.29 is 14.3 Å². The van der Waals surface area contributed by atoms with Crippen LogP contribution in [0.4, 0.5) is 0 Å². The first-order valence-corrected chi connectivity index (χ1v) is 11.7. The maximum atomic E-state index is 12.5. The molecule has 31 heavy (non-hydrogen) atoms. The van der Waals surface area contributed by atoms with Crippen LogP contribution in [0.25, 0.3) is 0 Å². The summed E-state index contributed by atoms with van der Waals surface area (Å²) in [6, 6.07) is 16.3. The lowest BCUT2D eigenvalue weighted by atomic mass is 9.78. The van der Waals surface area contributed by atoms with Gasteiger partial charge in [0.25, 0.3) is 0 Å². The Hall–Kier alpha value is -2.29. The summed E-state index contributed by atoms with van der Waals surface area (Å²) >= 11 is 0. The molecule has 0 N–H and O–H groups in total. The van der Waals surface area contributed by atoms with Crippen molar-refractivity contribution in [1.29, 1.82) is 0 Å². The van der Waals surface area contributed by atoms with E-state index in [9.17, 15) is 4.79 Å². The summed E-state index contributed by atoms with van der Waals surface area (Å²) in [7, 11) is 0. The van der Waals surface area contributed by atoms with Gasteiger partial charge in [-0.25, -0.2) is 0 Å². The topological polar surface area (TPSA) is 35.5 Å². The second kappa shape index (κ2) is 9.89. The SMILES string of the molecule is CCC(C)(CC)Oc1ccc(C(C)(C)c2ccc(OC(=O)C(C)(CC)CC)cc2)cc1. The maximum absolute atomic E-state index is 12.5. The molecule has 170 valence electrons. The second-order valence-electron chi connectivity index (χ2n) is 9.59. The van der Waals surface area contributed by atoms with Gasteiger partial charge in [-0.05, 0) is 74.9 Å². The summed E-state index contributed by atoms with van der Waals surface area (Å²) in [5, 5.41) is 0. The fourth-order valence-electron chi connectivity index (χ4n) is 3.49. The average Bonchev–Trinajstić information content (AvgIpc) is 2.79. The Balaban J connectivity index is 2.16. The summed E-state index contributed by atoms with van der Waals surface area (Å²) in [5.74, 6) is 1.34. The third-order valence-corrected chi connectivity index (χ3v) is 7.28. The molecule has 0 aliphatic rings. The lowest BCUT2D eigenvalue weighted by Gasteiger charge is -2.30. The first-order valence-electron chi connectivity index (χ1n) is 11.7. The Labute approximate surface area is 189 Å². The number of carbonyl (C=O) groups is 1. The van der Waals surface area contributed by atoms with E-state index in [0.29, 0.717) is 5.75 Å².